The van der Waals surface area contributed by atoms with Crippen LogP contribution in [0.3, 0.4) is 0 Å². The maximum Gasteiger partial charge on any atom is 0.261 e. The smallest absolute Gasteiger partial charge is 0.261 e. The molecule has 0 aromatic heterocycles. The molecule has 3 aromatic carbocycles. The van der Waals surface area contributed by atoms with Gasteiger partial charge in [0.2, 0.25) is 0 Å². The summed E-state index contributed by atoms with van der Waals surface area (Å²) in [4.78, 5) is 13.2. The normalized spacial score (nSPS) is 17.9. The summed E-state index contributed by atoms with van der Waals surface area (Å²) in [5.41, 5.74) is 0.545. The lowest BCUT2D eigenvalue weighted by atomic mass is 9.89. The van der Waals surface area contributed by atoms with Crippen molar-refractivity contribution < 1.29 is 19.0 Å². The summed E-state index contributed by atoms with van der Waals surface area (Å²) in [6.45, 7) is 6.01. The SMILES string of the molecule is CC[C@H](Oc1cccc2ccccc12)C(=O)N[C@H]1CC(C)(C)Oc2cc(OC)ccc21. The van der Waals surface area contributed by atoms with Crippen LogP contribution in [0, 0.1) is 0 Å². The summed E-state index contributed by atoms with van der Waals surface area (Å²) in [5, 5.41) is 5.29. The largest absolute Gasteiger partial charge is 0.497 e. The molecule has 0 saturated carbocycles. The number of fused-ring (bicyclic) bond motifs is 2. The van der Waals surface area contributed by atoms with E-state index < -0.39 is 11.7 Å². The molecule has 3 aromatic rings. The number of carbonyl (C=O) groups is 1. The minimum absolute atomic E-state index is 0.125. The molecule has 0 spiro atoms. The predicted molar refractivity (Wildman–Crippen MR) is 122 cm³/mol. The molecule has 0 radical (unpaired) electrons. The summed E-state index contributed by atoms with van der Waals surface area (Å²) < 4.78 is 17.7. The lowest BCUT2D eigenvalue weighted by Crippen LogP contribution is -2.45. The first-order chi connectivity index (χ1) is 14.9. The van der Waals surface area contributed by atoms with Gasteiger partial charge in [0.1, 0.15) is 22.8 Å². The van der Waals surface area contributed by atoms with E-state index in [0.717, 1.165) is 33.6 Å². The Kier molecular flexibility index (Phi) is 5.77. The molecule has 1 heterocycles. The Labute approximate surface area is 183 Å². The Morgan fingerprint density at radius 2 is 1.94 bits per heavy atom. The summed E-state index contributed by atoms with van der Waals surface area (Å²) in [5.74, 6) is 2.06. The van der Waals surface area contributed by atoms with Crippen LogP contribution in [0.1, 0.15) is 45.2 Å². The van der Waals surface area contributed by atoms with Crippen LogP contribution in [0.4, 0.5) is 0 Å². The zero-order valence-electron chi connectivity index (χ0n) is 18.5. The second-order valence-corrected chi connectivity index (χ2v) is 8.52. The van der Waals surface area contributed by atoms with Gasteiger partial charge in [0.25, 0.3) is 5.91 Å². The molecule has 0 fully saturated rings. The number of carbonyl (C=O) groups excluding carboxylic acids is 1. The van der Waals surface area contributed by atoms with Crippen molar-refractivity contribution in [2.45, 2.75) is 51.4 Å². The summed E-state index contributed by atoms with van der Waals surface area (Å²) in [7, 11) is 1.63. The fourth-order valence-corrected chi connectivity index (χ4v) is 4.13. The molecule has 1 amide bonds. The lowest BCUT2D eigenvalue weighted by Gasteiger charge is -2.38. The Morgan fingerprint density at radius 3 is 2.71 bits per heavy atom. The van der Waals surface area contributed by atoms with Crippen LogP contribution >= 0.6 is 0 Å². The molecule has 0 bridgehead atoms. The van der Waals surface area contributed by atoms with Crippen molar-refractivity contribution in [2.75, 3.05) is 7.11 Å². The van der Waals surface area contributed by atoms with E-state index in [4.69, 9.17) is 14.2 Å². The third kappa shape index (κ3) is 4.46. The van der Waals surface area contributed by atoms with Gasteiger partial charge in [-0.2, -0.15) is 0 Å². The Bertz CT molecular complexity index is 1090. The van der Waals surface area contributed by atoms with Crippen LogP contribution < -0.4 is 19.5 Å². The fraction of sp³-hybridized carbons (Fsp3) is 0.346. The third-order valence-electron chi connectivity index (χ3n) is 5.68. The standard InChI is InChI=1S/C26H29NO4/c1-5-22(30-23-12-8-10-17-9-6-7-11-19(17)23)25(28)27-21-16-26(2,3)31-24-15-18(29-4)13-14-20(21)24/h6-15,21-22H,5,16H2,1-4H3,(H,27,28)/t21-,22-/m0/s1. The number of nitrogens with one attached hydrogen (secondary N) is 1. The highest BCUT2D eigenvalue weighted by molar-refractivity contribution is 5.89. The number of amides is 1. The van der Waals surface area contributed by atoms with Crippen molar-refractivity contribution in [1.29, 1.82) is 0 Å². The zero-order chi connectivity index (χ0) is 22.0. The number of hydrogen-bond donors (Lipinski definition) is 1. The molecule has 0 unspecified atom stereocenters. The summed E-state index contributed by atoms with van der Waals surface area (Å²) >= 11 is 0. The molecule has 1 aliphatic rings. The van der Waals surface area contributed by atoms with Gasteiger partial charge in [-0.3, -0.25) is 4.79 Å². The highest BCUT2D eigenvalue weighted by atomic mass is 16.5. The molecule has 162 valence electrons. The van der Waals surface area contributed by atoms with Crippen molar-refractivity contribution in [3.05, 3.63) is 66.2 Å². The Hall–Kier alpha value is -3.21. The average Bonchev–Trinajstić information content (AvgIpc) is 2.76. The maximum absolute atomic E-state index is 13.2. The highest BCUT2D eigenvalue weighted by Gasteiger charge is 2.36. The van der Waals surface area contributed by atoms with Gasteiger partial charge in [-0.25, -0.2) is 0 Å². The quantitative estimate of drug-likeness (QED) is 0.579. The predicted octanol–water partition coefficient (Wildman–Crippen LogP) is 5.42. The molecule has 31 heavy (non-hydrogen) atoms. The number of benzene rings is 3. The third-order valence-corrected chi connectivity index (χ3v) is 5.68. The first-order valence-corrected chi connectivity index (χ1v) is 10.7. The van der Waals surface area contributed by atoms with Crippen LogP contribution in [0.25, 0.3) is 10.8 Å². The van der Waals surface area contributed by atoms with Gasteiger partial charge >= 0.3 is 0 Å². The van der Waals surface area contributed by atoms with Gasteiger partial charge in [0.05, 0.1) is 13.2 Å². The number of hydrogen-bond acceptors (Lipinski definition) is 4. The van der Waals surface area contributed by atoms with E-state index in [1.807, 2.05) is 81.4 Å². The van der Waals surface area contributed by atoms with Crippen LogP contribution in [0.5, 0.6) is 17.2 Å². The molecule has 0 aliphatic carbocycles. The minimum Gasteiger partial charge on any atom is -0.497 e. The highest BCUT2D eigenvalue weighted by Crippen LogP contribution is 2.41. The van der Waals surface area contributed by atoms with E-state index in [1.54, 1.807) is 7.11 Å². The fourth-order valence-electron chi connectivity index (χ4n) is 4.13. The van der Waals surface area contributed by atoms with Crippen LogP contribution in [-0.2, 0) is 4.79 Å². The molecule has 1 N–H and O–H groups in total. The van der Waals surface area contributed by atoms with E-state index in [1.165, 1.54) is 0 Å². The molecule has 2 atom stereocenters. The second kappa shape index (κ2) is 8.50. The molecule has 4 rings (SSSR count). The topological polar surface area (TPSA) is 56.8 Å². The molecular formula is C26H29NO4. The van der Waals surface area contributed by atoms with Crippen molar-refractivity contribution in [3.8, 4) is 17.2 Å². The van der Waals surface area contributed by atoms with Crippen molar-refractivity contribution in [3.63, 3.8) is 0 Å². The first-order valence-electron chi connectivity index (χ1n) is 10.7. The van der Waals surface area contributed by atoms with E-state index in [2.05, 4.69) is 5.32 Å². The maximum atomic E-state index is 13.2. The molecule has 0 saturated heterocycles. The number of methoxy groups -OCH3 is 1. The molecule has 5 nitrogen and oxygen atoms in total. The van der Waals surface area contributed by atoms with Gasteiger partial charge in [-0.15, -0.1) is 0 Å². The van der Waals surface area contributed by atoms with E-state index in [0.29, 0.717) is 12.8 Å². The molecule has 1 aliphatic heterocycles. The Balaban J connectivity index is 1.56. The van der Waals surface area contributed by atoms with E-state index >= 15 is 0 Å². The lowest BCUT2D eigenvalue weighted by molar-refractivity contribution is -0.129. The van der Waals surface area contributed by atoms with Crippen molar-refractivity contribution >= 4 is 16.7 Å². The van der Waals surface area contributed by atoms with Crippen molar-refractivity contribution in [2.24, 2.45) is 0 Å². The van der Waals surface area contributed by atoms with Gasteiger partial charge in [0, 0.05) is 23.4 Å². The Morgan fingerprint density at radius 1 is 1.16 bits per heavy atom. The second-order valence-electron chi connectivity index (χ2n) is 8.52. The molecule has 5 heteroatoms. The first kappa shape index (κ1) is 21.0. The van der Waals surface area contributed by atoms with Gasteiger partial charge in [-0.1, -0.05) is 43.3 Å². The summed E-state index contributed by atoms with van der Waals surface area (Å²) in [6, 6.07) is 19.5. The van der Waals surface area contributed by atoms with E-state index in [-0.39, 0.29) is 11.9 Å². The van der Waals surface area contributed by atoms with Crippen LogP contribution in [-0.4, -0.2) is 24.7 Å². The molecular weight excluding hydrogens is 390 g/mol. The van der Waals surface area contributed by atoms with Crippen LogP contribution in [0.15, 0.2) is 60.7 Å². The number of ether oxygens (including phenoxy) is 3. The number of rotatable bonds is 6. The van der Waals surface area contributed by atoms with Gasteiger partial charge < -0.3 is 19.5 Å². The van der Waals surface area contributed by atoms with Crippen molar-refractivity contribution in [1.82, 2.24) is 5.32 Å². The zero-order valence-corrected chi connectivity index (χ0v) is 18.5. The monoisotopic (exact) mass is 419 g/mol. The van der Waals surface area contributed by atoms with Gasteiger partial charge in [0.15, 0.2) is 6.10 Å². The van der Waals surface area contributed by atoms with Gasteiger partial charge in [-0.05, 0) is 43.9 Å². The summed E-state index contributed by atoms with van der Waals surface area (Å²) in [6.07, 6.45) is 0.651. The van der Waals surface area contributed by atoms with E-state index in [9.17, 15) is 4.79 Å². The minimum atomic E-state index is -0.585. The average molecular weight is 420 g/mol. The van der Waals surface area contributed by atoms with Crippen LogP contribution in [0.2, 0.25) is 0 Å².